The van der Waals surface area contributed by atoms with Crippen LogP contribution in [0.1, 0.15) is 13.8 Å². The number of hydrogen-bond donors (Lipinski definition) is 3. The van der Waals surface area contributed by atoms with E-state index in [4.69, 9.17) is 16.6 Å². The largest absolute Gasteiger partial charge is 0.480 e. The van der Waals surface area contributed by atoms with E-state index in [0.29, 0.717) is 11.5 Å². The molecule has 0 aromatic carbocycles. The lowest BCUT2D eigenvalue weighted by atomic mass is 10.1. The Morgan fingerprint density at radius 1 is 1.67 bits per heavy atom. The molecule has 0 radical (unpaired) electrons. The summed E-state index contributed by atoms with van der Waals surface area (Å²) in [6.07, 6.45) is 0. The number of thioether (sulfide) groups is 1. The molecule has 1 atom stereocenters. The molecule has 72 valence electrons. The first kappa shape index (κ1) is 11.7. The molecule has 0 spiro atoms. The van der Waals surface area contributed by atoms with Gasteiger partial charge in [0.15, 0.2) is 0 Å². The summed E-state index contributed by atoms with van der Waals surface area (Å²) >= 11 is 1.47. The molecule has 0 heterocycles. The highest BCUT2D eigenvalue weighted by atomic mass is 32.2. The minimum atomic E-state index is -0.961. The van der Waals surface area contributed by atoms with Crippen molar-refractivity contribution in [2.75, 3.05) is 11.5 Å². The van der Waals surface area contributed by atoms with Crippen LogP contribution in [0.4, 0.5) is 0 Å². The molecule has 1 unspecified atom stereocenters. The van der Waals surface area contributed by atoms with Crippen LogP contribution in [0.25, 0.3) is 0 Å². The Kier molecular flexibility index (Phi) is 4.59. The molecule has 5 heteroatoms. The average molecular weight is 192 g/mol. The van der Waals surface area contributed by atoms with Crippen molar-refractivity contribution in [1.82, 2.24) is 0 Å². The summed E-state index contributed by atoms with van der Waals surface area (Å²) in [6, 6.07) is -0.780. The molecular weight excluding hydrogens is 176 g/mol. The number of carboxylic acids is 1. The molecule has 0 saturated carbocycles. The number of aliphatic carboxylic acids is 1. The quantitative estimate of drug-likeness (QED) is 0.564. The first-order chi connectivity index (χ1) is 5.33. The Hall–Kier alpha value is -0.260. The zero-order chi connectivity index (χ0) is 9.78. The van der Waals surface area contributed by atoms with Gasteiger partial charge in [-0.2, -0.15) is 11.8 Å². The van der Waals surface area contributed by atoms with Crippen LogP contribution in [0.15, 0.2) is 0 Å². The van der Waals surface area contributed by atoms with Crippen LogP contribution in [0.5, 0.6) is 0 Å². The van der Waals surface area contributed by atoms with Gasteiger partial charge >= 0.3 is 5.97 Å². The van der Waals surface area contributed by atoms with Crippen LogP contribution in [0, 0.1) is 0 Å². The molecule has 0 rings (SSSR count). The number of rotatable bonds is 5. The van der Waals surface area contributed by atoms with Gasteiger partial charge in [0.05, 0.1) is 0 Å². The highest BCUT2D eigenvalue weighted by molar-refractivity contribution is 7.99. The van der Waals surface area contributed by atoms with E-state index in [9.17, 15) is 4.79 Å². The molecular formula is C7H16N2O2S. The summed E-state index contributed by atoms with van der Waals surface area (Å²) in [5.41, 5.74) is 10.7. The predicted molar refractivity (Wildman–Crippen MR) is 51.2 cm³/mol. The van der Waals surface area contributed by atoms with E-state index in [0.717, 1.165) is 0 Å². The van der Waals surface area contributed by atoms with Crippen molar-refractivity contribution in [3.8, 4) is 0 Å². The van der Waals surface area contributed by atoms with Gasteiger partial charge in [-0.1, -0.05) is 0 Å². The fourth-order valence-corrected chi connectivity index (χ4v) is 1.56. The fourth-order valence-electron chi connectivity index (χ4n) is 0.520. The SMILES string of the molecule is CC(C)(N)CSCC(N)C(=O)O. The van der Waals surface area contributed by atoms with Gasteiger partial charge in [0.25, 0.3) is 0 Å². The van der Waals surface area contributed by atoms with Crippen LogP contribution >= 0.6 is 11.8 Å². The summed E-state index contributed by atoms with van der Waals surface area (Å²) in [5.74, 6) is 0.168. The molecule has 5 N–H and O–H groups in total. The molecule has 0 fully saturated rings. The van der Waals surface area contributed by atoms with Crippen molar-refractivity contribution in [3.05, 3.63) is 0 Å². The Morgan fingerprint density at radius 3 is 2.50 bits per heavy atom. The number of carboxylic acid groups (broad SMARTS) is 1. The van der Waals surface area contributed by atoms with Gasteiger partial charge in [-0.15, -0.1) is 0 Å². The van der Waals surface area contributed by atoms with Crippen LogP contribution in [-0.4, -0.2) is 34.2 Å². The molecule has 0 amide bonds. The van der Waals surface area contributed by atoms with Gasteiger partial charge in [0, 0.05) is 17.0 Å². The molecule has 0 saturated heterocycles. The average Bonchev–Trinajstić information content (AvgIpc) is 1.84. The number of nitrogens with two attached hydrogens (primary N) is 2. The monoisotopic (exact) mass is 192 g/mol. The normalized spacial score (nSPS) is 14.3. The second-order valence-corrected chi connectivity index (χ2v) is 4.48. The Labute approximate surface area is 76.7 Å². The highest BCUT2D eigenvalue weighted by Gasteiger charge is 2.14. The van der Waals surface area contributed by atoms with E-state index in [1.54, 1.807) is 0 Å². The van der Waals surface area contributed by atoms with Gasteiger partial charge in [-0.05, 0) is 13.8 Å². The van der Waals surface area contributed by atoms with Crippen molar-refractivity contribution < 1.29 is 9.90 Å². The van der Waals surface area contributed by atoms with Crippen molar-refractivity contribution in [3.63, 3.8) is 0 Å². The first-order valence-electron chi connectivity index (χ1n) is 3.68. The van der Waals surface area contributed by atoms with Crippen LogP contribution < -0.4 is 11.5 Å². The van der Waals surface area contributed by atoms with Crippen LogP contribution in [-0.2, 0) is 4.79 Å². The van der Waals surface area contributed by atoms with E-state index in [2.05, 4.69) is 0 Å². The first-order valence-corrected chi connectivity index (χ1v) is 4.83. The summed E-state index contributed by atoms with van der Waals surface area (Å²) in [4.78, 5) is 10.3. The number of carbonyl (C=O) groups is 1. The maximum atomic E-state index is 10.3. The zero-order valence-electron chi connectivity index (χ0n) is 7.41. The minimum Gasteiger partial charge on any atom is -0.480 e. The standard InChI is InChI=1S/C7H16N2O2S/c1-7(2,9)4-12-3-5(8)6(10)11/h5H,3-4,8-9H2,1-2H3,(H,10,11). The lowest BCUT2D eigenvalue weighted by Gasteiger charge is -2.18. The minimum absolute atomic E-state index is 0.261. The maximum Gasteiger partial charge on any atom is 0.321 e. The third-order valence-corrected chi connectivity index (χ3v) is 2.63. The van der Waals surface area contributed by atoms with E-state index in [-0.39, 0.29) is 5.54 Å². The third-order valence-electron chi connectivity index (χ3n) is 1.09. The summed E-state index contributed by atoms with van der Waals surface area (Å²) in [6.45, 7) is 3.79. The van der Waals surface area contributed by atoms with E-state index < -0.39 is 12.0 Å². The molecule has 4 nitrogen and oxygen atoms in total. The molecule has 0 aliphatic rings. The molecule has 0 aromatic heterocycles. The van der Waals surface area contributed by atoms with E-state index >= 15 is 0 Å². The third kappa shape index (κ3) is 6.45. The lowest BCUT2D eigenvalue weighted by Crippen LogP contribution is -2.37. The zero-order valence-corrected chi connectivity index (χ0v) is 8.23. The maximum absolute atomic E-state index is 10.3. The summed E-state index contributed by atoms with van der Waals surface area (Å²) < 4.78 is 0. The van der Waals surface area contributed by atoms with Crippen molar-refractivity contribution in [1.29, 1.82) is 0 Å². The predicted octanol–water partition coefficient (Wildman–Crippen LogP) is -0.131. The lowest BCUT2D eigenvalue weighted by molar-refractivity contribution is -0.137. The van der Waals surface area contributed by atoms with Crippen LogP contribution in [0.2, 0.25) is 0 Å². The van der Waals surface area contributed by atoms with Crippen LogP contribution in [0.3, 0.4) is 0 Å². The second-order valence-electron chi connectivity index (χ2n) is 3.45. The van der Waals surface area contributed by atoms with Crippen molar-refractivity contribution >= 4 is 17.7 Å². The van der Waals surface area contributed by atoms with E-state index in [1.807, 2.05) is 13.8 Å². The van der Waals surface area contributed by atoms with Gasteiger partial charge in [-0.3, -0.25) is 4.79 Å². The van der Waals surface area contributed by atoms with Gasteiger partial charge in [0.1, 0.15) is 6.04 Å². The molecule has 0 bridgehead atoms. The van der Waals surface area contributed by atoms with Crippen molar-refractivity contribution in [2.24, 2.45) is 11.5 Å². The molecule has 0 aliphatic heterocycles. The van der Waals surface area contributed by atoms with Gasteiger partial charge in [0.2, 0.25) is 0 Å². The smallest absolute Gasteiger partial charge is 0.321 e. The van der Waals surface area contributed by atoms with Gasteiger partial charge in [-0.25, -0.2) is 0 Å². The molecule has 0 aromatic rings. The van der Waals surface area contributed by atoms with Crippen molar-refractivity contribution in [2.45, 2.75) is 25.4 Å². The Bertz CT molecular complexity index is 156. The molecule has 0 aliphatic carbocycles. The highest BCUT2D eigenvalue weighted by Crippen LogP contribution is 2.10. The fraction of sp³-hybridized carbons (Fsp3) is 0.857. The Morgan fingerprint density at radius 2 is 2.17 bits per heavy atom. The summed E-state index contributed by atoms with van der Waals surface area (Å²) in [7, 11) is 0. The topological polar surface area (TPSA) is 89.3 Å². The van der Waals surface area contributed by atoms with E-state index in [1.165, 1.54) is 11.8 Å². The summed E-state index contributed by atoms with van der Waals surface area (Å²) in [5, 5.41) is 8.44. The molecule has 12 heavy (non-hydrogen) atoms. The second kappa shape index (κ2) is 4.69. The Balaban J connectivity index is 3.51. The number of hydrogen-bond acceptors (Lipinski definition) is 4. The van der Waals surface area contributed by atoms with Gasteiger partial charge < -0.3 is 16.6 Å².